The molecule has 4 N–H and O–H groups in total. The van der Waals surface area contributed by atoms with Crippen molar-refractivity contribution >= 4 is 134 Å². The molecule has 14 aromatic heterocycles. The number of para-hydroxylation sites is 2. The minimum atomic E-state index is -0.261. The zero-order valence-corrected chi connectivity index (χ0v) is 72.6. The van der Waals surface area contributed by atoms with Gasteiger partial charge in [-0.15, -0.1) is 11.3 Å². The SMILES string of the molecule is C[C@H](Nc1ccnc2ccnn12)c1cc2cccc(Cl)c2c(=O)n1CCN1CCCC1.C[C@H](Nc1ccnn2ccnc12)c1cc2cccc(Cl)c2c(=O)n1CCN1CCCC1.C[C@H](Nc1ccnn2ccnc12)c1cc2scc(-c3cnn(C)c3)c2c(=O)n1-c1ccccc1.C[C@H](Nc1ncnc2ccnn12)c1cc2cccc(Cl)c2c(=O)n1-c1ccccc1. The third-order valence-corrected chi connectivity index (χ3v) is 24.9. The summed E-state index contributed by atoms with van der Waals surface area (Å²) in [6.07, 6.45) is 25.8. The monoisotopic (exact) mass is 1760 g/mol. The summed E-state index contributed by atoms with van der Waals surface area (Å²) in [6, 6.07) is 52.9. The second kappa shape index (κ2) is 36.6. The van der Waals surface area contributed by atoms with Gasteiger partial charge in [0.2, 0.25) is 5.95 Å². The number of likely N-dealkylation sites (tertiary alicyclic amines) is 2. The largest absolute Gasteiger partial charge is 0.374 e. The number of hydrogen-bond acceptors (Lipinski definition) is 21. The highest BCUT2D eigenvalue weighted by molar-refractivity contribution is 7.17. The first-order chi connectivity index (χ1) is 61.5. The minimum Gasteiger partial charge on any atom is -0.374 e. The van der Waals surface area contributed by atoms with Crippen molar-refractivity contribution in [3.63, 3.8) is 0 Å². The highest BCUT2D eigenvalue weighted by atomic mass is 35.5. The lowest BCUT2D eigenvalue weighted by molar-refractivity contribution is 0.318. The molecule has 0 radical (unpaired) electrons. The van der Waals surface area contributed by atoms with Crippen LogP contribution in [0, 0.1) is 0 Å². The third-order valence-electron chi connectivity index (χ3n) is 23.1. The number of benzene rings is 5. The Hall–Kier alpha value is -13.8. The van der Waals surface area contributed by atoms with Crippen molar-refractivity contribution in [2.75, 3.05) is 60.5 Å². The van der Waals surface area contributed by atoms with Crippen molar-refractivity contribution in [2.45, 2.75) is 90.6 Å². The molecule has 0 saturated carbocycles. The molecule has 636 valence electrons. The Morgan fingerprint density at radius 3 is 1.42 bits per heavy atom. The molecule has 0 aliphatic carbocycles. The number of aryl methyl sites for hydroxylation is 1. The Morgan fingerprint density at radius 2 is 0.889 bits per heavy atom. The van der Waals surface area contributed by atoms with Crippen molar-refractivity contribution in [1.82, 2.24) is 101 Å². The number of nitrogens with zero attached hydrogens (tertiary/aromatic N) is 21. The van der Waals surface area contributed by atoms with E-state index in [9.17, 15) is 19.2 Å². The van der Waals surface area contributed by atoms with Crippen molar-refractivity contribution in [3.8, 4) is 22.5 Å². The predicted molar refractivity (Wildman–Crippen MR) is 500 cm³/mol. The number of thiophene rings is 1. The summed E-state index contributed by atoms with van der Waals surface area (Å²) in [7, 11) is 1.88. The van der Waals surface area contributed by atoms with E-state index in [-0.39, 0.29) is 46.4 Å². The van der Waals surface area contributed by atoms with Gasteiger partial charge in [-0.1, -0.05) is 108 Å². The van der Waals surface area contributed by atoms with E-state index < -0.39 is 0 Å². The van der Waals surface area contributed by atoms with Gasteiger partial charge >= 0.3 is 0 Å². The summed E-state index contributed by atoms with van der Waals surface area (Å²) in [5.41, 5.74) is 11.3. The van der Waals surface area contributed by atoms with Gasteiger partial charge in [-0.3, -0.25) is 33.0 Å². The molecule has 4 atom stereocenters. The van der Waals surface area contributed by atoms with E-state index in [2.05, 4.69) is 120 Å². The fourth-order valence-corrected chi connectivity index (χ4v) is 18.7. The fourth-order valence-electron chi connectivity index (χ4n) is 16.9. The molecule has 0 amide bonds. The third kappa shape index (κ3) is 17.0. The van der Waals surface area contributed by atoms with Crippen molar-refractivity contribution in [1.29, 1.82) is 0 Å². The highest BCUT2D eigenvalue weighted by Gasteiger charge is 2.27. The molecular formula is C93H88Cl3N25O4S. The topological polar surface area (TPSA) is 294 Å². The average Bonchev–Trinajstić information content (AvgIpc) is 1.45. The quantitative estimate of drug-likeness (QED) is 0.0520. The summed E-state index contributed by atoms with van der Waals surface area (Å²) in [4.78, 5) is 81.0. The number of anilines is 4. The van der Waals surface area contributed by atoms with E-state index in [0.717, 1.165) is 140 Å². The Balaban J connectivity index is 0.000000114. The molecule has 21 rings (SSSR count). The highest BCUT2D eigenvalue weighted by Crippen LogP contribution is 2.37. The maximum Gasteiger partial charge on any atom is 0.264 e. The van der Waals surface area contributed by atoms with Crippen LogP contribution in [0.1, 0.15) is 100 Å². The van der Waals surface area contributed by atoms with Crippen LogP contribution in [0.5, 0.6) is 0 Å². The summed E-state index contributed by atoms with van der Waals surface area (Å²) < 4.78 is 16.8. The number of fused-ring (bicyclic) bond motifs is 8. The number of imidazole rings is 2. The van der Waals surface area contributed by atoms with Gasteiger partial charge in [0.15, 0.2) is 22.6 Å². The molecule has 0 bridgehead atoms. The van der Waals surface area contributed by atoms with Crippen LogP contribution in [-0.2, 0) is 20.1 Å². The summed E-state index contributed by atoms with van der Waals surface area (Å²) in [5.74, 6) is 1.36. The van der Waals surface area contributed by atoms with E-state index in [4.69, 9.17) is 34.8 Å². The molecule has 2 fully saturated rings. The Labute approximate surface area is 740 Å². The molecule has 2 saturated heterocycles. The van der Waals surface area contributed by atoms with Gasteiger partial charge in [0.25, 0.3) is 22.2 Å². The van der Waals surface area contributed by atoms with Crippen LogP contribution in [0.3, 0.4) is 0 Å². The van der Waals surface area contributed by atoms with Crippen molar-refractivity contribution < 1.29 is 0 Å². The van der Waals surface area contributed by atoms with E-state index >= 15 is 0 Å². The molecule has 19 aromatic rings. The van der Waals surface area contributed by atoms with E-state index in [1.807, 2.05) is 174 Å². The molecular weight excluding hydrogens is 1670 g/mol. The van der Waals surface area contributed by atoms with Crippen LogP contribution in [0.2, 0.25) is 15.1 Å². The number of rotatable bonds is 21. The van der Waals surface area contributed by atoms with E-state index in [0.29, 0.717) is 61.3 Å². The lowest BCUT2D eigenvalue weighted by atomic mass is 10.1. The minimum absolute atomic E-state index is 0.0355. The number of aromatic nitrogens is 19. The zero-order chi connectivity index (χ0) is 86.6. The van der Waals surface area contributed by atoms with Gasteiger partial charge in [-0.25, -0.2) is 34.0 Å². The maximum atomic E-state index is 14.0. The molecule has 5 aromatic carbocycles. The van der Waals surface area contributed by atoms with Crippen LogP contribution < -0.4 is 43.5 Å². The Bertz CT molecular complexity index is 7250. The lowest BCUT2D eigenvalue weighted by Crippen LogP contribution is -2.32. The predicted octanol–water partition coefficient (Wildman–Crippen LogP) is 16.9. The second-order valence-corrected chi connectivity index (χ2v) is 33.4. The van der Waals surface area contributed by atoms with Crippen LogP contribution >= 0.6 is 46.1 Å². The number of hydrogen-bond donors (Lipinski definition) is 4. The molecule has 29 nitrogen and oxygen atoms in total. The summed E-state index contributed by atoms with van der Waals surface area (Å²) >= 11 is 20.8. The van der Waals surface area contributed by atoms with Crippen LogP contribution in [0.4, 0.5) is 23.1 Å². The van der Waals surface area contributed by atoms with Gasteiger partial charge < -0.3 is 40.2 Å². The van der Waals surface area contributed by atoms with Gasteiger partial charge in [0, 0.05) is 138 Å². The normalized spacial score (nSPS) is 14.0. The van der Waals surface area contributed by atoms with Gasteiger partial charge in [-0.05, 0) is 181 Å². The lowest BCUT2D eigenvalue weighted by Gasteiger charge is -2.23. The average molecular weight is 1760 g/mol. The standard InChI is InChI=1S/C25H21N7OS.2C23H25ClN6O.C22H17ClN6O/c1-16(29-20-8-9-27-31-11-10-26-24(20)31)21-12-22-23(19(15-34-22)17-13-28-30(2)14-17)25(33)32(21)18-6-4-3-5-7-18;1-16(27-21-7-9-25-20-8-10-26-30(20)21)19-15-17-5-4-6-18(24)22(17)23(31)29(19)14-13-28-11-2-3-12-28;1-16(27-19-7-8-26-30-12-9-25-22(19)30)20-15-17-5-4-6-18(24)21(17)23(31)29(20)14-13-28-10-2-3-11-28;1-14(27-22-25-13-24-19-10-11-26-29(19)22)18-12-15-6-5-9-17(23)20(15)21(30)28(18)16-7-3-2-4-8-16/h3-16,29H,1-2H3;4-10,15-16,27H,2-3,11-14H2,1H3;4-9,12,15-16,27H,2-3,10-11,13-14H2,1H3;2-14H,1H3,(H,24,25,27)/t3*16-;14-/m0000/s1. The molecule has 0 unspecified atom stereocenters. The number of pyridine rings is 4. The Morgan fingerprint density at radius 1 is 0.421 bits per heavy atom. The van der Waals surface area contributed by atoms with E-state index in [1.54, 1.807) is 117 Å². The first-order valence-electron chi connectivity index (χ1n) is 41.7. The van der Waals surface area contributed by atoms with Crippen LogP contribution in [0.15, 0.2) is 269 Å². The first kappa shape index (κ1) is 83.2. The summed E-state index contributed by atoms with van der Waals surface area (Å²) in [6.45, 7) is 15.5. The maximum absolute atomic E-state index is 14.0. The van der Waals surface area contributed by atoms with Crippen LogP contribution in [-0.4, -0.2) is 140 Å². The van der Waals surface area contributed by atoms with Gasteiger partial charge in [0.05, 0.1) is 103 Å². The van der Waals surface area contributed by atoms with E-state index in [1.165, 1.54) is 32.0 Å². The number of halogens is 3. The summed E-state index contributed by atoms with van der Waals surface area (Å²) in [5, 5.41) is 43.8. The molecule has 33 heteroatoms. The second-order valence-electron chi connectivity index (χ2n) is 31.2. The smallest absolute Gasteiger partial charge is 0.264 e. The molecule has 0 spiro atoms. The molecule has 16 heterocycles. The molecule has 2 aliphatic heterocycles. The first-order valence-corrected chi connectivity index (χ1v) is 43.7. The van der Waals surface area contributed by atoms with Crippen molar-refractivity contribution in [2.24, 2.45) is 7.05 Å². The van der Waals surface area contributed by atoms with Gasteiger partial charge in [0.1, 0.15) is 12.1 Å². The molecule has 126 heavy (non-hydrogen) atoms. The van der Waals surface area contributed by atoms with Crippen molar-refractivity contribution in [3.05, 3.63) is 329 Å². The molecule has 2 aliphatic rings. The van der Waals surface area contributed by atoms with Gasteiger partial charge in [-0.2, -0.15) is 34.5 Å². The van der Waals surface area contributed by atoms with Crippen LogP contribution in [0.25, 0.3) is 87.5 Å². The Kier molecular flexibility index (Phi) is 24.1. The number of nitrogens with one attached hydrogen (secondary N) is 4. The fraction of sp³-hybridized carbons (Fsp3) is 0.226. The zero-order valence-electron chi connectivity index (χ0n) is 69.5.